The third-order valence-electron chi connectivity index (χ3n) is 3.80. The van der Waals surface area contributed by atoms with Crippen molar-refractivity contribution in [3.05, 3.63) is 17.7 Å². The molecule has 7 heteroatoms. The molecule has 0 radical (unpaired) electrons. The summed E-state index contributed by atoms with van der Waals surface area (Å²) in [6.45, 7) is 8.27. The van der Waals surface area contributed by atoms with Crippen LogP contribution in [0.4, 0.5) is 0 Å². The Bertz CT molecular complexity index is 547. The summed E-state index contributed by atoms with van der Waals surface area (Å²) >= 11 is 0. The summed E-state index contributed by atoms with van der Waals surface area (Å²) in [7, 11) is 6.60. The minimum Gasteiger partial charge on any atom is -0.493 e. The standard InChI is InChI=1S/C19H33N3O3.HI/c1-19(2,3)9-8-10-21-18(20-4)22-13-14-11-15(23-5)17(25-7)16(12-14)24-6;/h11-12H,8-10,13H2,1-7H3,(H2,20,21,22);1H. The molecule has 0 fully saturated rings. The number of rotatable bonds is 8. The molecule has 0 spiro atoms. The predicted octanol–water partition coefficient (Wildman–Crippen LogP) is 3.82. The largest absolute Gasteiger partial charge is 0.493 e. The quantitative estimate of drug-likeness (QED) is 0.257. The van der Waals surface area contributed by atoms with Crippen LogP contribution in [0, 0.1) is 5.41 Å². The van der Waals surface area contributed by atoms with E-state index in [9.17, 15) is 0 Å². The maximum absolute atomic E-state index is 5.39. The molecule has 2 N–H and O–H groups in total. The van der Waals surface area contributed by atoms with Gasteiger partial charge in [-0.1, -0.05) is 20.8 Å². The Balaban J connectivity index is 0.00000625. The van der Waals surface area contributed by atoms with E-state index < -0.39 is 0 Å². The second kappa shape index (κ2) is 12.1. The highest BCUT2D eigenvalue weighted by Gasteiger charge is 2.13. The Labute approximate surface area is 175 Å². The van der Waals surface area contributed by atoms with Gasteiger partial charge in [-0.2, -0.15) is 0 Å². The van der Waals surface area contributed by atoms with Crippen LogP contribution in [0.5, 0.6) is 17.2 Å². The van der Waals surface area contributed by atoms with Crippen molar-refractivity contribution in [3.63, 3.8) is 0 Å². The Hall–Kier alpha value is -1.38. The Morgan fingerprint density at radius 3 is 2.00 bits per heavy atom. The van der Waals surface area contributed by atoms with Crippen LogP contribution in [-0.4, -0.2) is 40.9 Å². The lowest BCUT2D eigenvalue weighted by Gasteiger charge is -2.19. The van der Waals surface area contributed by atoms with E-state index in [1.54, 1.807) is 28.4 Å². The summed E-state index contributed by atoms with van der Waals surface area (Å²) in [5.74, 6) is 2.67. The van der Waals surface area contributed by atoms with Gasteiger partial charge in [0.15, 0.2) is 17.5 Å². The van der Waals surface area contributed by atoms with Gasteiger partial charge in [0, 0.05) is 20.1 Å². The van der Waals surface area contributed by atoms with Crippen LogP contribution in [0.3, 0.4) is 0 Å². The lowest BCUT2D eigenvalue weighted by molar-refractivity contribution is 0.323. The van der Waals surface area contributed by atoms with Gasteiger partial charge in [0.1, 0.15) is 0 Å². The Kier molecular flexibility index (Phi) is 11.4. The molecule has 0 bridgehead atoms. The first-order valence-electron chi connectivity index (χ1n) is 8.58. The van der Waals surface area contributed by atoms with Crippen molar-refractivity contribution in [1.29, 1.82) is 0 Å². The molecule has 0 unspecified atom stereocenters. The number of hydrogen-bond donors (Lipinski definition) is 2. The molecule has 6 nitrogen and oxygen atoms in total. The Morgan fingerprint density at radius 2 is 1.58 bits per heavy atom. The van der Waals surface area contributed by atoms with E-state index in [0.717, 1.165) is 24.5 Å². The molecule has 0 saturated heterocycles. The van der Waals surface area contributed by atoms with Crippen LogP contribution in [-0.2, 0) is 6.54 Å². The van der Waals surface area contributed by atoms with E-state index in [2.05, 4.69) is 36.4 Å². The van der Waals surface area contributed by atoms with E-state index in [0.29, 0.717) is 29.2 Å². The first-order chi connectivity index (χ1) is 11.8. The second-order valence-electron chi connectivity index (χ2n) is 7.05. The molecular formula is C19H34IN3O3. The number of aliphatic imine (C=N–C) groups is 1. The van der Waals surface area contributed by atoms with Crippen molar-refractivity contribution in [3.8, 4) is 17.2 Å². The van der Waals surface area contributed by atoms with Crippen LogP contribution in [0.1, 0.15) is 39.2 Å². The number of nitrogens with zero attached hydrogens (tertiary/aromatic N) is 1. The topological polar surface area (TPSA) is 64.1 Å². The molecule has 26 heavy (non-hydrogen) atoms. The monoisotopic (exact) mass is 479 g/mol. The van der Waals surface area contributed by atoms with Crippen molar-refractivity contribution >= 4 is 29.9 Å². The lowest BCUT2D eigenvalue weighted by Crippen LogP contribution is -2.37. The van der Waals surface area contributed by atoms with E-state index in [1.165, 1.54) is 6.42 Å². The van der Waals surface area contributed by atoms with Crippen molar-refractivity contribution in [2.45, 2.75) is 40.2 Å². The number of halogens is 1. The lowest BCUT2D eigenvalue weighted by atomic mass is 9.91. The smallest absolute Gasteiger partial charge is 0.203 e. The molecule has 0 aliphatic heterocycles. The summed E-state index contributed by atoms with van der Waals surface area (Å²) in [5, 5.41) is 6.65. The van der Waals surface area contributed by atoms with Gasteiger partial charge in [0.25, 0.3) is 0 Å². The molecular weight excluding hydrogens is 445 g/mol. The summed E-state index contributed by atoms with van der Waals surface area (Å²) in [5.41, 5.74) is 1.38. The molecule has 0 aromatic heterocycles. The summed E-state index contributed by atoms with van der Waals surface area (Å²) in [4.78, 5) is 4.26. The van der Waals surface area contributed by atoms with Crippen LogP contribution in [0.2, 0.25) is 0 Å². The van der Waals surface area contributed by atoms with E-state index >= 15 is 0 Å². The number of methoxy groups -OCH3 is 3. The minimum atomic E-state index is 0. The molecule has 0 aliphatic rings. The highest BCUT2D eigenvalue weighted by Crippen LogP contribution is 2.38. The number of hydrogen-bond acceptors (Lipinski definition) is 4. The maximum Gasteiger partial charge on any atom is 0.203 e. The first-order valence-corrected chi connectivity index (χ1v) is 8.58. The van der Waals surface area contributed by atoms with E-state index in [1.807, 2.05) is 12.1 Å². The first kappa shape index (κ1) is 24.6. The van der Waals surface area contributed by atoms with Crippen LogP contribution < -0.4 is 24.8 Å². The summed E-state index contributed by atoms with van der Waals surface area (Å²) in [6.07, 6.45) is 2.28. The fourth-order valence-electron chi connectivity index (χ4n) is 2.47. The summed E-state index contributed by atoms with van der Waals surface area (Å²) in [6, 6.07) is 3.86. The van der Waals surface area contributed by atoms with Crippen molar-refractivity contribution in [1.82, 2.24) is 10.6 Å². The fraction of sp³-hybridized carbons (Fsp3) is 0.632. The van der Waals surface area contributed by atoms with Gasteiger partial charge in [0.2, 0.25) is 5.75 Å². The third kappa shape index (κ3) is 8.33. The van der Waals surface area contributed by atoms with Crippen LogP contribution in [0.25, 0.3) is 0 Å². The Morgan fingerprint density at radius 1 is 1.00 bits per heavy atom. The zero-order valence-corrected chi connectivity index (χ0v) is 19.4. The number of nitrogens with one attached hydrogen (secondary N) is 2. The second-order valence-corrected chi connectivity index (χ2v) is 7.05. The summed E-state index contributed by atoms with van der Waals surface area (Å²) < 4.78 is 16.1. The van der Waals surface area contributed by atoms with Gasteiger partial charge < -0.3 is 24.8 Å². The van der Waals surface area contributed by atoms with Gasteiger partial charge in [0.05, 0.1) is 21.3 Å². The average molecular weight is 479 g/mol. The van der Waals surface area contributed by atoms with E-state index in [-0.39, 0.29) is 24.0 Å². The van der Waals surface area contributed by atoms with Crippen molar-refractivity contribution in [2.24, 2.45) is 10.4 Å². The van der Waals surface area contributed by atoms with Gasteiger partial charge in [-0.25, -0.2) is 0 Å². The number of guanidine groups is 1. The zero-order chi connectivity index (χ0) is 18.9. The highest BCUT2D eigenvalue weighted by atomic mass is 127. The molecule has 0 amide bonds. The number of benzene rings is 1. The molecule has 0 aliphatic carbocycles. The average Bonchev–Trinajstić information content (AvgIpc) is 2.59. The number of ether oxygens (including phenoxy) is 3. The van der Waals surface area contributed by atoms with Gasteiger partial charge in [-0.15, -0.1) is 24.0 Å². The fourth-order valence-corrected chi connectivity index (χ4v) is 2.47. The third-order valence-corrected chi connectivity index (χ3v) is 3.80. The molecule has 0 atom stereocenters. The molecule has 0 heterocycles. The van der Waals surface area contributed by atoms with Crippen LogP contribution in [0.15, 0.2) is 17.1 Å². The van der Waals surface area contributed by atoms with Crippen LogP contribution >= 0.6 is 24.0 Å². The van der Waals surface area contributed by atoms with Crippen molar-refractivity contribution in [2.75, 3.05) is 34.9 Å². The SMILES string of the molecule is CN=C(NCCCC(C)(C)C)NCc1cc(OC)c(OC)c(OC)c1.I. The van der Waals surface area contributed by atoms with E-state index in [4.69, 9.17) is 14.2 Å². The zero-order valence-electron chi connectivity index (χ0n) is 17.1. The van der Waals surface area contributed by atoms with Gasteiger partial charge >= 0.3 is 0 Å². The van der Waals surface area contributed by atoms with Gasteiger partial charge in [-0.3, -0.25) is 4.99 Å². The molecule has 150 valence electrons. The normalized spacial score (nSPS) is 11.4. The maximum atomic E-state index is 5.39. The molecule has 1 aromatic carbocycles. The molecule has 0 saturated carbocycles. The molecule has 1 rings (SSSR count). The van der Waals surface area contributed by atoms with Crippen molar-refractivity contribution < 1.29 is 14.2 Å². The minimum absolute atomic E-state index is 0. The predicted molar refractivity (Wildman–Crippen MR) is 118 cm³/mol. The highest BCUT2D eigenvalue weighted by molar-refractivity contribution is 14.0. The molecule has 1 aromatic rings. The van der Waals surface area contributed by atoms with Gasteiger partial charge in [-0.05, 0) is 36.0 Å².